The van der Waals surface area contributed by atoms with E-state index in [4.69, 9.17) is 11.6 Å². The molecule has 2 aromatic carbocycles. The van der Waals surface area contributed by atoms with Crippen molar-refractivity contribution < 1.29 is 0 Å². The minimum Gasteiger partial charge on any atom is -0.355 e. The van der Waals surface area contributed by atoms with Gasteiger partial charge in [0.25, 0.3) is 0 Å². The first-order valence-corrected chi connectivity index (χ1v) is 10.7. The van der Waals surface area contributed by atoms with Gasteiger partial charge in [-0.2, -0.15) is 0 Å². The van der Waals surface area contributed by atoms with Gasteiger partial charge in [0, 0.05) is 41.2 Å². The lowest BCUT2D eigenvalue weighted by atomic mass is 10.1. The topological polar surface area (TPSA) is 80.5 Å². The fraction of sp³-hybridized carbons (Fsp3) is 0.0400. The average molecular weight is 454 g/mol. The summed E-state index contributed by atoms with van der Waals surface area (Å²) < 4.78 is 1.75. The van der Waals surface area contributed by atoms with Crippen molar-refractivity contribution >= 4 is 34.4 Å². The number of hydrogen-bond donors (Lipinski definition) is 2. The molecule has 0 aliphatic rings. The summed E-state index contributed by atoms with van der Waals surface area (Å²) in [7, 11) is 0. The van der Waals surface area contributed by atoms with Crippen molar-refractivity contribution in [3.05, 3.63) is 102 Å². The number of rotatable bonds is 6. The zero-order valence-electron chi connectivity index (χ0n) is 17.8. The van der Waals surface area contributed by atoms with Crippen LogP contribution in [0.2, 0.25) is 5.02 Å². The highest BCUT2D eigenvalue weighted by molar-refractivity contribution is 6.33. The van der Waals surface area contributed by atoms with Crippen molar-refractivity contribution in [2.45, 2.75) is 6.92 Å². The molecule has 5 rings (SSSR count). The van der Waals surface area contributed by atoms with Gasteiger partial charge in [-0.25, -0.2) is 4.68 Å². The molecule has 0 saturated carbocycles. The van der Waals surface area contributed by atoms with Gasteiger partial charge in [0.05, 0.1) is 28.3 Å². The Morgan fingerprint density at radius 1 is 0.818 bits per heavy atom. The van der Waals surface area contributed by atoms with Gasteiger partial charge in [-0.05, 0) is 55.5 Å². The third kappa shape index (κ3) is 4.68. The number of halogens is 1. The maximum Gasteiger partial charge on any atom is 0.113 e. The van der Waals surface area contributed by atoms with Crippen LogP contribution in [0.5, 0.6) is 0 Å². The Morgan fingerprint density at radius 2 is 1.61 bits per heavy atom. The third-order valence-electron chi connectivity index (χ3n) is 5.07. The molecule has 0 spiro atoms. The van der Waals surface area contributed by atoms with Gasteiger partial charge in [-0.3, -0.25) is 9.97 Å². The molecular weight excluding hydrogens is 434 g/mol. The molecule has 0 atom stereocenters. The Kier molecular flexibility index (Phi) is 5.70. The molecule has 0 saturated heterocycles. The highest BCUT2D eigenvalue weighted by atomic mass is 35.5. The normalized spacial score (nSPS) is 10.7. The molecule has 0 bridgehead atoms. The minimum absolute atomic E-state index is 0.603. The van der Waals surface area contributed by atoms with Crippen molar-refractivity contribution in [2.75, 3.05) is 10.6 Å². The highest BCUT2D eigenvalue weighted by Crippen LogP contribution is 2.28. The summed E-state index contributed by atoms with van der Waals surface area (Å²) in [6, 6.07) is 21.6. The van der Waals surface area contributed by atoms with Crippen molar-refractivity contribution in [1.29, 1.82) is 0 Å². The monoisotopic (exact) mass is 453 g/mol. The van der Waals surface area contributed by atoms with Crippen LogP contribution in [-0.4, -0.2) is 25.0 Å². The SMILES string of the molecule is Cc1nccc(Nc2cccc(-n3cc(-c4cccc(Nc5ccncc5)c4)nn3)c2)c1Cl. The fourth-order valence-electron chi connectivity index (χ4n) is 3.41. The van der Waals surface area contributed by atoms with Gasteiger partial charge in [0.15, 0.2) is 0 Å². The van der Waals surface area contributed by atoms with Crippen LogP contribution in [-0.2, 0) is 0 Å². The van der Waals surface area contributed by atoms with E-state index in [1.54, 1.807) is 23.3 Å². The average Bonchev–Trinajstić information content (AvgIpc) is 3.34. The van der Waals surface area contributed by atoms with Crippen LogP contribution >= 0.6 is 11.6 Å². The van der Waals surface area contributed by atoms with Crippen molar-refractivity contribution in [1.82, 2.24) is 25.0 Å². The van der Waals surface area contributed by atoms with Crippen LogP contribution in [0.25, 0.3) is 16.9 Å². The van der Waals surface area contributed by atoms with Gasteiger partial charge < -0.3 is 10.6 Å². The maximum atomic E-state index is 6.37. The largest absolute Gasteiger partial charge is 0.355 e. The molecular formula is C25H20ClN7. The van der Waals surface area contributed by atoms with E-state index in [0.717, 1.165) is 45.4 Å². The van der Waals surface area contributed by atoms with Crippen LogP contribution in [0.15, 0.2) is 91.5 Å². The lowest BCUT2D eigenvalue weighted by molar-refractivity contribution is 0.804. The highest BCUT2D eigenvalue weighted by Gasteiger charge is 2.09. The summed E-state index contributed by atoms with van der Waals surface area (Å²) in [5.41, 5.74) is 7.03. The van der Waals surface area contributed by atoms with Crippen LogP contribution in [0.3, 0.4) is 0 Å². The molecule has 8 heteroatoms. The predicted molar refractivity (Wildman–Crippen MR) is 132 cm³/mol. The Hall–Kier alpha value is -4.23. The first kappa shape index (κ1) is 20.7. The minimum atomic E-state index is 0.603. The fourth-order valence-corrected chi connectivity index (χ4v) is 3.57. The summed E-state index contributed by atoms with van der Waals surface area (Å²) in [5, 5.41) is 16.0. The van der Waals surface area contributed by atoms with Crippen LogP contribution in [0, 0.1) is 6.92 Å². The maximum absolute atomic E-state index is 6.37. The van der Waals surface area contributed by atoms with E-state index in [1.807, 2.05) is 79.9 Å². The molecule has 162 valence electrons. The molecule has 0 aliphatic heterocycles. The third-order valence-corrected chi connectivity index (χ3v) is 5.55. The quantitative estimate of drug-likeness (QED) is 0.320. The number of anilines is 4. The lowest BCUT2D eigenvalue weighted by Gasteiger charge is -2.10. The van der Waals surface area contributed by atoms with E-state index in [2.05, 4.69) is 30.9 Å². The molecule has 0 aliphatic carbocycles. The molecule has 0 amide bonds. The Labute approximate surface area is 196 Å². The number of benzene rings is 2. The summed E-state index contributed by atoms with van der Waals surface area (Å²) in [6.45, 7) is 1.88. The lowest BCUT2D eigenvalue weighted by Crippen LogP contribution is -1.98. The van der Waals surface area contributed by atoms with Crippen LogP contribution < -0.4 is 10.6 Å². The van der Waals surface area contributed by atoms with Crippen molar-refractivity contribution in [3.63, 3.8) is 0 Å². The van der Waals surface area contributed by atoms with Gasteiger partial charge in [-0.1, -0.05) is 35.0 Å². The second-order valence-electron chi connectivity index (χ2n) is 7.42. The summed E-state index contributed by atoms with van der Waals surface area (Å²) >= 11 is 6.37. The van der Waals surface area contributed by atoms with E-state index < -0.39 is 0 Å². The number of pyridine rings is 2. The van der Waals surface area contributed by atoms with Crippen molar-refractivity contribution in [2.24, 2.45) is 0 Å². The molecule has 3 aromatic heterocycles. The molecule has 0 unspecified atom stereocenters. The number of nitrogens with zero attached hydrogens (tertiary/aromatic N) is 5. The molecule has 0 fully saturated rings. The van der Waals surface area contributed by atoms with Gasteiger partial charge >= 0.3 is 0 Å². The first-order chi connectivity index (χ1) is 16.2. The van der Waals surface area contributed by atoms with E-state index in [0.29, 0.717) is 5.02 Å². The molecule has 7 nitrogen and oxygen atoms in total. The number of aryl methyl sites for hydroxylation is 1. The number of hydrogen-bond acceptors (Lipinski definition) is 6. The van der Waals surface area contributed by atoms with E-state index in [9.17, 15) is 0 Å². The zero-order chi connectivity index (χ0) is 22.6. The number of nitrogens with one attached hydrogen (secondary N) is 2. The Bertz CT molecular complexity index is 1400. The van der Waals surface area contributed by atoms with E-state index in [1.165, 1.54) is 0 Å². The molecule has 5 aromatic rings. The van der Waals surface area contributed by atoms with E-state index in [-0.39, 0.29) is 0 Å². The first-order valence-electron chi connectivity index (χ1n) is 10.3. The summed E-state index contributed by atoms with van der Waals surface area (Å²) in [4.78, 5) is 8.25. The predicted octanol–water partition coefficient (Wildman–Crippen LogP) is 6.17. The Morgan fingerprint density at radius 3 is 2.45 bits per heavy atom. The second kappa shape index (κ2) is 9.10. The molecule has 33 heavy (non-hydrogen) atoms. The molecule has 0 radical (unpaired) electrons. The van der Waals surface area contributed by atoms with Crippen LogP contribution in [0.1, 0.15) is 5.69 Å². The van der Waals surface area contributed by atoms with E-state index >= 15 is 0 Å². The molecule has 3 heterocycles. The van der Waals surface area contributed by atoms with Gasteiger partial charge in [0.1, 0.15) is 5.69 Å². The van der Waals surface area contributed by atoms with Gasteiger partial charge in [0.2, 0.25) is 0 Å². The second-order valence-corrected chi connectivity index (χ2v) is 7.80. The van der Waals surface area contributed by atoms with Crippen LogP contribution in [0.4, 0.5) is 22.7 Å². The van der Waals surface area contributed by atoms with Gasteiger partial charge in [-0.15, -0.1) is 5.10 Å². The standard InChI is InChI=1S/C25H20ClN7/c1-17-25(26)23(10-13-28-17)30-21-6-3-7-22(15-21)33-16-24(31-32-33)18-4-2-5-20(14-18)29-19-8-11-27-12-9-19/h2-16H,1H3,(H,27,29)(H,28,30). The Balaban J connectivity index is 1.37. The van der Waals surface area contributed by atoms with Crippen molar-refractivity contribution in [3.8, 4) is 16.9 Å². The summed E-state index contributed by atoms with van der Waals surface area (Å²) in [6.07, 6.45) is 7.15. The zero-order valence-corrected chi connectivity index (χ0v) is 18.5. The molecule has 2 N–H and O–H groups in total. The number of aromatic nitrogens is 5. The summed E-state index contributed by atoms with van der Waals surface area (Å²) in [5.74, 6) is 0. The smallest absolute Gasteiger partial charge is 0.113 e.